The van der Waals surface area contributed by atoms with Crippen LogP contribution in [0.2, 0.25) is 0 Å². The highest BCUT2D eigenvalue weighted by molar-refractivity contribution is 7.16. The summed E-state index contributed by atoms with van der Waals surface area (Å²) in [6, 6.07) is 0.197. The molecule has 0 radical (unpaired) electrons. The number of carbonyl (C=O) groups is 3. The third-order valence-corrected chi connectivity index (χ3v) is 7.83. The monoisotopic (exact) mass is 416 g/mol. The van der Waals surface area contributed by atoms with Gasteiger partial charge in [0.05, 0.1) is 17.4 Å². The van der Waals surface area contributed by atoms with Crippen LogP contribution in [0.4, 0.5) is 5.00 Å². The molecule has 0 aromatic carbocycles. The summed E-state index contributed by atoms with van der Waals surface area (Å²) in [5.41, 5.74) is 1.52. The zero-order valence-electron chi connectivity index (χ0n) is 16.9. The molecule has 4 atom stereocenters. The predicted octanol–water partition coefficient (Wildman–Crippen LogP) is 3.75. The molecular weight excluding hydrogens is 388 g/mol. The van der Waals surface area contributed by atoms with Crippen molar-refractivity contribution in [2.24, 2.45) is 23.7 Å². The first-order valence-electron chi connectivity index (χ1n) is 10.6. The van der Waals surface area contributed by atoms with Crippen LogP contribution in [0.5, 0.6) is 0 Å². The van der Waals surface area contributed by atoms with E-state index in [9.17, 15) is 19.5 Å². The predicted molar refractivity (Wildman–Crippen MR) is 112 cm³/mol. The van der Waals surface area contributed by atoms with Gasteiger partial charge in [-0.15, -0.1) is 11.3 Å². The molecule has 29 heavy (non-hydrogen) atoms. The van der Waals surface area contributed by atoms with Gasteiger partial charge in [-0.2, -0.15) is 0 Å². The van der Waals surface area contributed by atoms with Crippen molar-refractivity contribution in [2.45, 2.75) is 58.4 Å². The third-order valence-electron chi connectivity index (χ3n) is 6.76. The maximum Gasteiger partial charge on any atom is 0.307 e. The van der Waals surface area contributed by atoms with E-state index in [2.05, 4.69) is 10.6 Å². The Kier molecular flexibility index (Phi) is 5.51. The average molecular weight is 417 g/mol. The molecule has 4 rings (SSSR count). The molecule has 3 N–H and O–H groups in total. The number of anilines is 1. The summed E-state index contributed by atoms with van der Waals surface area (Å²) >= 11 is 1.41. The molecular formula is C22H28N2O4S. The summed E-state index contributed by atoms with van der Waals surface area (Å²) in [7, 11) is 0. The maximum atomic E-state index is 13.1. The van der Waals surface area contributed by atoms with Gasteiger partial charge in [-0.05, 0) is 50.0 Å². The molecule has 0 spiro atoms. The Bertz CT molecular complexity index is 868. The number of fused-ring (bicyclic) bond motifs is 2. The van der Waals surface area contributed by atoms with E-state index in [1.54, 1.807) is 0 Å². The number of aliphatic carboxylic acids is 1. The van der Waals surface area contributed by atoms with E-state index in [1.165, 1.54) is 11.3 Å². The third kappa shape index (κ3) is 3.61. The number of hydrogen-bond acceptors (Lipinski definition) is 4. The molecule has 1 heterocycles. The number of aryl methyl sites for hydroxylation is 1. The maximum absolute atomic E-state index is 13.1. The van der Waals surface area contributed by atoms with Crippen molar-refractivity contribution in [1.82, 2.24) is 5.32 Å². The van der Waals surface area contributed by atoms with Gasteiger partial charge in [0.1, 0.15) is 5.00 Å². The summed E-state index contributed by atoms with van der Waals surface area (Å²) in [6.45, 7) is 3.97. The lowest BCUT2D eigenvalue weighted by atomic mass is 9.82. The van der Waals surface area contributed by atoms with Crippen LogP contribution in [-0.2, 0) is 16.0 Å². The number of carboxylic acids is 1. The van der Waals surface area contributed by atoms with Crippen molar-refractivity contribution in [1.29, 1.82) is 0 Å². The van der Waals surface area contributed by atoms with Crippen LogP contribution < -0.4 is 10.6 Å². The molecule has 3 aliphatic rings. The van der Waals surface area contributed by atoms with Crippen molar-refractivity contribution in [3.8, 4) is 0 Å². The van der Waals surface area contributed by atoms with E-state index < -0.39 is 17.8 Å². The Hall–Kier alpha value is -2.15. The van der Waals surface area contributed by atoms with Gasteiger partial charge in [-0.1, -0.05) is 31.9 Å². The van der Waals surface area contributed by atoms with Gasteiger partial charge >= 0.3 is 5.97 Å². The van der Waals surface area contributed by atoms with E-state index in [1.807, 2.05) is 26.0 Å². The highest BCUT2D eigenvalue weighted by atomic mass is 32.1. The van der Waals surface area contributed by atoms with Crippen LogP contribution in [0.1, 0.15) is 59.8 Å². The molecule has 2 saturated carbocycles. The van der Waals surface area contributed by atoms with Crippen LogP contribution in [0.25, 0.3) is 0 Å². The molecule has 3 aliphatic carbocycles. The van der Waals surface area contributed by atoms with Gasteiger partial charge in [0.15, 0.2) is 0 Å². The first-order valence-corrected chi connectivity index (χ1v) is 11.4. The van der Waals surface area contributed by atoms with Crippen LogP contribution in [0.3, 0.4) is 0 Å². The Morgan fingerprint density at radius 3 is 2.41 bits per heavy atom. The second-order valence-corrected chi connectivity index (χ2v) is 9.70. The Morgan fingerprint density at radius 1 is 1.14 bits per heavy atom. The zero-order valence-corrected chi connectivity index (χ0v) is 17.7. The first-order chi connectivity index (χ1) is 13.9. The SMILES string of the molecule is CCc1c(C)sc(NC(=O)[C@@H]2[C@@H](C(=O)O)[C@H]3C=C[C@@H]2C3)c1C(=O)NC1CCCC1. The molecule has 2 fully saturated rings. The summed E-state index contributed by atoms with van der Waals surface area (Å²) in [5, 5.41) is 16.3. The fraction of sp³-hybridized carbons (Fsp3) is 0.591. The number of allylic oxidation sites excluding steroid dienone is 2. The van der Waals surface area contributed by atoms with Gasteiger partial charge < -0.3 is 15.7 Å². The summed E-state index contributed by atoms with van der Waals surface area (Å²) in [6.07, 6.45) is 9.58. The molecule has 156 valence electrons. The average Bonchev–Trinajstić information content (AvgIpc) is 3.44. The topological polar surface area (TPSA) is 95.5 Å². The number of rotatable bonds is 6. The number of carboxylic acid groups (broad SMARTS) is 1. The normalized spacial score (nSPS) is 28.1. The molecule has 1 aromatic heterocycles. The Balaban J connectivity index is 1.58. The smallest absolute Gasteiger partial charge is 0.307 e. The number of amides is 2. The second-order valence-electron chi connectivity index (χ2n) is 8.48. The lowest BCUT2D eigenvalue weighted by Crippen LogP contribution is -2.37. The minimum absolute atomic E-state index is 0.0384. The zero-order chi connectivity index (χ0) is 20.7. The molecule has 7 heteroatoms. The van der Waals surface area contributed by atoms with Gasteiger partial charge in [-0.25, -0.2) is 0 Å². The Labute approximate surface area is 174 Å². The van der Waals surface area contributed by atoms with Crippen molar-refractivity contribution in [2.75, 3.05) is 5.32 Å². The molecule has 0 unspecified atom stereocenters. The molecule has 2 amide bonds. The van der Waals surface area contributed by atoms with Crippen LogP contribution in [0, 0.1) is 30.6 Å². The van der Waals surface area contributed by atoms with Crippen molar-refractivity contribution < 1.29 is 19.5 Å². The number of carbonyl (C=O) groups excluding carboxylic acids is 2. The quantitative estimate of drug-likeness (QED) is 0.616. The Morgan fingerprint density at radius 2 is 1.79 bits per heavy atom. The number of hydrogen-bond donors (Lipinski definition) is 3. The number of nitrogens with one attached hydrogen (secondary N) is 2. The molecule has 0 saturated heterocycles. The number of thiophene rings is 1. The first kappa shape index (κ1) is 20.1. The second kappa shape index (κ2) is 7.94. The van der Waals surface area contributed by atoms with Gasteiger partial charge in [0.25, 0.3) is 5.91 Å². The summed E-state index contributed by atoms with van der Waals surface area (Å²) < 4.78 is 0. The molecule has 6 nitrogen and oxygen atoms in total. The lowest BCUT2D eigenvalue weighted by Gasteiger charge is -2.24. The fourth-order valence-corrected chi connectivity index (χ4v) is 6.52. The van der Waals surface area contributed by atoms with Crippen LogP contribution >= 0.6 is 11.3 Å². The van der Waals surface area contributed by atoms with E-state index in [0.29, 0.717) is 23.4 Å². The molecule has 0 aliphatic heterocycles. The highest BCUT2D eigenvalue weighted by Gasteiger charge is 2.51. The van der Waals surface area contributed by atoms with Gasteiger partial charge in [0.2, 0.25) is 5.91 Å². The van der Waals surface area contributed by atoms with Crippen LogP contribution in [-0.4, -0.2) is 28.9 Å². The van der Waals surface area contributed by atoms with Gasteiger partial charge in [0, 0.05) is 10.9 Å². The van der Waals surface area contributed by atoms with E-state index in [-0.39, 0.29) is 29.7 Å². The van der Waals surface area contributed by atoms with Gasteiger partial charge in [-0.3, -0.25) is 14.4 Å². The lowest BCUT2D eigenvalue weighted by molar-refractivity contribution is -0.146. The summed E-state index contributed by atoms with van der Waals surface area (Å²) in [4.78, 5) is 38.9. The van der Waals surface area contributed by atoms with E-state index >= 15 is 0 Å². The molecule has 2 bridgehead atoms. The minimum atomic E-state index is -0.919. The standard InChI is InChI=1S/C22H28N2O4S/c1-3-15-11(2)29-21(18(15)20(26)23-14-6-4-5-7-14)24-19(25)16-12-8-9-13(10-12)17(16)22(27)28/h8-9,12-14,16-17H,3-7,10H2,1-2H3,(H,23,26)(H,24,25)(H,27,28)/t12-,13+,16+,17+/m1/s1. The van der Waals surface area contributed by atoms with Crippen molar-refractivity contribution in [3.63, 3.8) is 0 Å². The van der Waals surface area contributed by atoms with Crippen molar-refractivity contribution in [3.05, 3.63) is 28.2 Å². The fourth-order valence-electron chi connectivity index (χ4n) is 5.37. The molecule has 1 aromatic rings. The summed E-state index contributed by atoms with van der Waals surface area (Å²) in [5.74, 6) is -2.71. The van der Waals surface area contributed by atoms with Crippen molar-refractivity contribution >= 4 is 34.1 Å². The minimum Gasteiger partial charge on any atom is -0.481 e. The van der Waals surface area contributed by atoms with E-state index in [0.717, 1.165) is 36.1 Å². The highest BCUT2D eigenvalue weighted by Crippen LogP contribution is 2.49. The largest absolute Gasteiger partial charge is 0.481 e. The van der Waals surface area contributed by atoms with Crippen LogP contribution in [0.15, 0.2) is 12.2 Å². The van der Waals surface area contributed by atoms with E-state index in [4.69, 9.17) is 0 Å².